The van der Waals surface area contributed by atoms with Crippen molar-refractivity contribution in [3.63, 3.8) is 0 Å². The first-order valence-electron chi connectivity index (χ1n) is 8.76. The van der Waals surface area contributed by atoms with Gasteiger partial charge in [-0.05, 0) is 19.1 Å². The fourth-order valence-corrected chi connectivity index (χ4v) is 2.89. The Morgan fingerprint density at radius 2 is 1.85 bits per heavy atom. The fourth-order valence-electron chi connectivity index (χ4n) is 2.89. The van der Waals surface area contributed by atoms with Gasteiger partial charge in [-0.25, -0.2) is 14.3 Å². The van der Waals surface area contributed by atoms with Crippen molar-refractivity contribution >= 4 is 12.0 Å². The lowest BCUT2D eigenvalue weighted by Gasteiger charge is -2.33. The molecule has 0 N–H and O–H groups in total. The number of amides is 2. The van der Waals surface area contributed by atoms with E-state index in [0.717, 1.165) is 4.68 Å². The van der Waals surface area contributed by atoms with Crippen LogP contribution in [-0.2, 0) is 23.1 Å². The number of nitrogens with zero attached hydrogens (tertiary/aromatic N) is 6. The van der Waals surface area contributed by atoms with Crippen molar-refractivity contribution in [3.05, 3.63) is 34.9 Å². The quantitative estimate of drug-likeness (QED) is 0.743. The summed E-state index contributed by atoms with van der Waals surface area (Å²) < 4.78 is 7.48. The third-order valence-electron chi connectivity index (χ3n) is 4.38. The molecule has 0 saturated carbocycles. The number of aromatic nitrogens is 4. The zero-order valence-electron chi connectivity index (χ0n) is 15.4. The smallest absolute Gasteiger partial charge is 0.409 e. The van der Waals surface area contributed by atoms with Crippen LogP contribution in [0, 0.1) is 0 Å². The van der Waals surface area contributed by atoms with E-state index in [2.05, 4.69) is 10.1 Å². The second kappa shape index (κ2) is 8.02. The number of rotatable bonds is 4. The SMILES string of the molecule is CCOC(=O)N1CCN(C(=O)Cn2nc(-c3ccccn3)n(C)c2=O)CC1. The van der Waals surface area contributed by atoms with Gasteiger partial charge in [0, 0.05) is 39.4 Å². The maximum Gasteiger partial charge on any atom is 0.409 e. The Morgan fingerprint density at radius 3 is 2.48 bits per heavy atom. The average molecular weight is 374 g/mol. The fraction of sp³-hybridized carbons (Fsp3) is 0.471. The maximum atomic E-state index is 12.5. The summed E-state index contributed by atoms with van der Waals surface area (Å²) in [5, 5.41) is 4.25. The summed E-state index contributed by atoms with van der Waals surface area (Å²) in [6.07, 6.45) is 1.25. The van der Waals surface area contributed by atoms with E-state index in [1.54, 1.807) is 48.2 Å². The molecule has 2 aromatic rings. The highest BCUT2D eigenvalue weighted by Crippen LogP contribution is 2.11. The van der Waals surface area contributed by atoms with Crippen molar-refractivity contribution in [2.45, 2.75) is 13.5 Å². The van der Waals surface area contributed by atoms with E-state index in [4.69, 9.17) is 4.74 Å². The molecule has 0 radical (unpaired) electrons. The number of ether oxygens (including phenoxy) is 1. The van der Waals surface area contributed by atoms with Crippen LogP contribution in [0.1, 0.15) is 6.92 Å². The number of hydrogen-bond donors (Lipinski definition) is 0. The first-order chi connectivity index (χ1) is 13.0. The van der Waals surface area contributed by atoms with Crippen LogP contribution in [0.25, 0.3) is 11.5 Å². The van der Waals surface area contributed by atoms with Crippen molar-refractivity contribution in [3.8, 4) is 11.5 Å². The minimum Gasteiger partial charge on any atom is -0.450 e. The standard InChI is InChI=1S/C17H22N6O4/c1-3-27-17(26)22-10-8-21(9-11-22)14(24)12-23-16(25)20(2)15(19-23)13-6-4-5-7-18-13/h4-7H,3,8-12H2,1-2H3. The lowest BCUT2D eigenvalue weighted by molar-refractivity contribution is -0.133. The van der Waals surface area contributed by atoms with Gasteiger partial charge in [0.25, 0.3) is 0 Å². The van der Waals surface area contributed by atoms with Gasteiger partial charge in [-0.2, -0.15) is 0 Å². The van der Waals surface area contributed by atoms with Gasteiger partial charge in [0.05, 0.1) is 6.61 Å². The Morgan fingerprint density at radius 1 is 1.15 bits per heavy atom. The molecule has 0 bridgehead atoms. The first kappa shape index (κ1) is 18.6. The molecule has 1 fully saturated rings. The van der Waals surface area contributed by atoms with Gasteiger partial charge < -0.3 is 14.5 Å². The van der Waals surface area contributed by atoms with Crippen molar-refractivity contribution in [2.24, 2.45) is 7.05 Å². The first-order valence-corrected chi connectivity index (χ1v) is 8.76. The van der Waals surface area contributed by atoms with E-state index < -0.39 is 0 Å². The molecule has 3 rings (SSSR count). The minimum atomic E-state index is -0.380. The van der Waals surface area contributed by atoms with Crippen molar-refractivity contribution < 1.29 is 14.3 Å². The Kier molecular flexibility index (Phi) is 5.53. The van der Waals surface area contributed by atoms with Gasteiger partial charge in [-0.1, -0.05) is 6.07 Å². The molecule has 0 unspecified atom stereocenters. The van der Waals surface area contributed by atoms with Crippen molar-refractivity contribution in [2.75, 3.05) is 32.8 Å². The molecule has 1 saturated heterocycles. The lowest BCUT2D eigenvalue weighted by Crippen LogP contribution is -2.51. The molecule has 0 aromatic carbocycles. The molecule has 27 heavy (non-hydrogen) atoms. The zero-order chi connectivity index (χ0) is 19.4. The topological polar surface area (TPSA) is 103 Å². The van der Waals surface area contributed by atoms with E-state index in [9.17, 15) is 14.4 Å². The molecular formula is C17H22N6O4. The van der Waals surface area contributed by atoms with E-state index in [1.807, 2.05) is 0 Å². The molecule has 0 atom stereocenters. The minimum absolute atomic E-state index is 0.154. The predicted octanol–water partition coefficient (Wildman–Crippen LogP) is -0.0555. The number of carbonyl (C=O) groups excluding carboxylic acids is 2. The number of hydrogen-bond acceptors (Lipinski definition) is 6. The molecule has 10 nitrogen and oxygen atoms in total. The maximum absolute atomic E-state index is 12.5. The van der Waals surface area contributed by atoms with Gasteiger partial charge in [0.2, 0.25) is 5.91 Å². The molecule has 2 aromatic heterocycles. The molecule has 0 aliphatic carbocycles. The van der Waals surface area contributed by atoms with Gasteiger partial charge >= 0.3 is 11.8 Å². The molecule has 1 aliphatic rings. The van der Waals surface area contributed by atoms with Crippen LogP contribution >= 0.6 is 0 Å². The van der Waals surface area contributed by atoms with Crippen LogP contribution in [0.2, 0.25) is 0 Å². The monoisotopic (exact) mass is 374 g/mol. The predicted molar refractivity (Wildman–Crippen MR) is 95.9 cm³/mol. The zero-order valence-corrected chi connectivity index (χ0v) is 15.4. The summed E-state index contributed by atoms with van der Waals surface area (Å²) in [5.74, 6) is 0.187. The summed E-state index contributed by atoms with van der Waals surface area (Å²) in [6.45, 7) is 3.51. The van der Waals surface area contributed by atoms with Gasteiger partial charge in [0.1, 0.15) is 12.2 Å². The molecule has 3 heterocycles. The van der Waals surface area contributed by atoms with Gasteiger partial charge in [-0.15, -0.1) is 5.10 Å². The van der Waals surface area contributed by atoms with Gasteiger partial charge in [0.15, 0.2) is 5.82 Å². The number of piperazine rings is 1. The van der Waals surface area contributed by atoms with Crippen LogP contribution in [0.5, 0.6) is 0 Å². The Balaban J connectivity index is 1.66. The number of carbonyl (C=O) groups is 2. The Labute approximate surface area is 156 Å². The lowest BCUT2D eigenvalue weighted by atomic mass is 10.3. The summed E-state index contributed by atoms with van der Waals surface area (Å²) in [7, 11) is 1.60. The largest absolute Gasteiger partial charge is 0.450 e. The van der Waals surface area contributed by atoms with E-state index in [0.29, 0.717) is 44.3 Å². The van der Waals surface area contributed by atoms with Crippen molar-refractivity contribution in [1.29, 1.82) is 0 Å². The third-order valence-corrected chi connectivity index (χ3v) is 4.38. The third kappa shape index (κ3) is 3.99. The number of pyridine rings is 1. The molecule has 10 heteroatoms. The Hall–Kier alpha value is -3.17. The summed E-state index contributed by atoms with van der Waals surface area (Å²) in [4.78, 5) is 44.0. The van der Waals surface area contributed by atoms with Crippen LogP contribution in [0.3, 0.4) is 0 Å². The molecular weight excluding hydrogens is 352 g/mol. The average Bonchev–Trinajstić information content (AvgIpc) is 2.97. The highest BCUT2D eigenvalue weighted by molar-refractivity contribution is 5.76. The Bertz CT molecular complexity index is 867. The van der Waals surface area contributed by atoms with Crippen LogP contribution < -0.4 is 5.69 Å². The summed E-state index contributed by atoms with van der Waals surface area (Å²) in [6, 6.07) is 5.33. The summed E-state index contributed by atoms with van der Waals surface area (Å²) in [5.41, 5.74) is 0.181. The summed E-state index contributed by atoms with van der Waals surface area (Å²) >= 11 is 0. The highest BCUT2D eigenvalue weighted by Gasteiger charge is 2.26. The normalized spacial score (nSPS) is 14.3. The molecule has 144 valence electrons. The molecule has 0 spiro atoms. The molecule has 2 amide bonds. The highest BCUT2D eigenvalue weighted by atomic mass is 16.6. The van der Waals surface area contributed by atoms with E-state index >= 15 is 0 Å². The van der Waals surface area contributed by atoms with Gasteiger partial charge in [-0.3, -0.25) is 14.3 Å². The van der Waals surface area contributed by atoms with Crippen molar-refractivity contribution in [1.82, 2.24) is 29.1 Å². The van der Waals surface area contributed by atoms with Crippen LogP contribution in [0.15, 0.2) is 29.2 Å². The van der Waals surface area contributed by atoms with E-state index in [1.165, 1.54) is 4.57 Å². The molecule has 1 aliphatic heterocycles. The second-order valence-electron chi connectivity index (χ2n) is 6.10. The van der Waals surface area contributed by atoms with Crippen LogP contribution in [0.4, 0.5) is 4.79 Å². The van der Waals surface area contributed by atoms with E-state index in [-0.39, 0.29) is 24.2 Å². The second-order valence-corrected chi connectivity index (χ2v) is 6.10. The van der Waals surface area contributed by atoms with Crippen LogP contribution in [-0.4, -0.2) is 73.9 Å².